The zero-order valence-corrected chi connectivity index (χ0v) is 12.4. The van der Waals surface area contributed by atoms with Crippen molar-refractivity contribution < 1.29 is 39.9 Å². The molecule has 0 atom stereocenters. The van der Waals surface area contributed by atoms with Gasteiger partial charge in [0.1, 0.15) is 0 Å². The molecule has 0 fully saturated rings. The van der Waals surface area contributed by atoms with Gasteiger partial charge in [-0.25, -0.2) is 4.79 Å². The summed E-state index contributed by atoms with van der Waals surface area (Å²) in [7, 11) is -4.61. The average Bonchev–Trinajstić information content (AvgIpc) is 1.19. The Morgan fingerprint density at radius 1 is 1.09 bits per heavy atom. The van der Waals surface area contributed by atoms with Crippen molar-refractivity contribution in [3.8, 4) is 0 Å². The predicted molar refractivity (Wildman–Crippen MR) is 41.2 cm³/mol. The molecule has 0 saturated heterocycles. The molecule has 64 valence electrons. The molecular weight excluding hydrogens is 314 g/mol. The molecule has 0 aliphatic carbocycles. The van der Waals surface area contributed by atoms with Gasteiger partial charge in [-0.1, -0.05) is 0 Å². The van der Waals surface area contributed by atoms with E-state index in [9.17, 15) is 0 Å². The Balaban J connectivity index is -0.00000000785. The van der Waals surface area contributed by atoms with Crippen molar-refractivity contribution in [2.45, 2.75) is 0 Å². The Hall–Kier alpha value is 1.66. The smallest absolute Gasteiger partial charge is 1.00 e. The van der Waals surface area contributed by atoms with E-state index in [0.717, 1.165) is 0 Å². The van der Waals surface area contributed by atoms with Crippen LogP contribution in [0.1, 0.15) is 5.71 Å². The van der Waals surface area contributed by atoms with Crippen LogP contribution in [0.4, 0.5) is 4.79 Å². The molecule has 0 aliphatic rings. The third-order valence-electron chi connectivity index (χ3n) is 0. The summed E-state index contributed by atoms with van der Waals surface area (Å²) < 4.78 is 0. The van der Waals surface area contributed by atoms with Crippen LogP contribution in [0.3, 0.4) is 0 Å². The molecule has 6 N–H and O–H groups in total. The number of hydrogen-bond acceptors (Lipinski definition) is 5. The van der Waals surface area contributed by atoms with Crippen LogP contribution < -0.4 is 0 Å². The van der Waals surface area contributed by atoms with Gasteiger partial charge in [-0.05, 0) is 0 Å². The minimum Gasteiger partial charge on any atom is -1.00 e. The summed E-state index contributed by atoms with van der Waals surface area (Å²) in [6.45, 7) is 0. The van der Waals surface area contributed by atoms with Gasteiger partial charge in [0.15, 0.2) is 0 Å². The fraction of sp³-hybridized carbons (Fsp3) is 0. The maximum Gasteiger partial charge on any atom is 2.00 e. The van der Waals surface area contributed by atoms with E-state index >= 15 is 0 Å². The Kier molecular flexibility index (Phi) is 24.3. The van der Waals surface area contributed by atoms with Gasteiger partial charge in [-0.15, -0.1) is 0 Å². The summed E-state index contributed by atoms with van der Waals surface area (Å²) in [4.78, 5) is 37.9. The summed E-state index contributed by atoms with van der Waals surface area (Å²) in [6, 6.07) is 0. The monoisotopic (exact) mass is 324 g/mol. The summed E-state index contributed by atoms with van der Waals surface area (Å²) in [5.41, 5.74) is 0. The molecule has 0 amide bonds. The van der Waals surface area contributed by atoms with E-state index in [-0.39, 0.29) is 77.6 Å². The molecule has 0 heterocycles. The molecule has 0 aromatic carbocycles. The van der Waals surface area contributed by atoms with E-state index in [1.165, 1.54) is 0 Å². The molecule has 0 radical (unpaired) electrons. The molecule has 7 nitrogen and oxygen atoms in total. The number of carbonyl (C=O) groups is 1. The van der Waals surface area contributed by atoms with Gasteiger partial charge in [-0.3, -0.25) is 0 Å². The minimum absolute atomic E-state index is 0. The third kappa shape index (κ3) is 393. The van der Waals surface area contributed by atoms with Gasteiger partial charge in [0.2, 0.25) is 0 Å². The quantitative estimate of drug-likeness (QED) is 0.267. The van der Waals surface area contributed by atoms with Gasteiger partial charge in [0.05, 0.1) is 0 Å². The van der Waals surface area contributed by atoms with Gasteiger partial charge in [0.25, 0.3) is 0 Å². The van der Waals surface area contributed by atoms with E-state index in [1.807, 2.05) is 0 Å². The first-order chi connectivity index (χ1) is 3.73. The second-order valence-corrected chi connectivity index (χ2v) is 2.08. The molecule has 0 aromatic rings. The van der Waals surface area contributed by atoms with Crippen LogP contribution >= 0.6 is 0 Å². The maximum atomic E-state index is 8.56. The van der Waals surface area contributed by atoms with E-state index in [0.29, 0.717) is 0 Å². The molecule has 10 heteroatoms. The van der Waals surface area contributed by atoms with Crippen LogP contribution in [0.15, 0.2) is 0 Å². The van der Waals surface area contributed by atoms with Crippen molar-refractivity contribution in [1.82, 2.24) is 0 Å². The van der Waals surface area contributed by atoms with Crippen molar-refractivity contribution in [2.75, 3.05) is 0 Å². The van der Waals surface area contributed by atoms with Crippen LogP contribution in [-0.2, 0) is 0 Å². The van der Waals surface area contributed by atoms with Gasteiger partial charge >= 0.3 is 87.1 Å². The molecule has 0 bridgehead atoms. The van der Waals surface area contributed by atoms with Crippen molar-refractivity contribution in [2.24, 2.45) is 0 Å². The van der Waals surface area contributed by atoms with Gasteiger partial charge in [-0.2, -0.15) is 0 Å². The van der Waals surface area contributed by atoms with Crippen LogP contribution in [-0.4, -0.2) is 117 Å². The average molecular weight is 324 g/mol. The maximum absolute atomic E-state index is 8.56. The fourth-order valence-electron chi connectivity index (χ4n) is 0. The summed E-state index contributed by atoms with van der Waals surface area (Å²) in [6.07, 6.45) is -1.83. The zero-order valence-electron chi connectivity index (χ0n) is 9.51. The molecular formula is CH10BaMgO7Si. The summed E-state index contributed by atoms with van der Waals surface area (Å²) >= 11 is 0. The van der Waals surface area contributed by atoms with Crippen molar-refractivity contribution in [3.05, 3.63) is 0 Å². The van der Waals surface area contributed by atoms with Crippen LogP contribution in [0.2, 0.25) is 0 Å². The first-order valence-corrected chi connectivity index (χ1v) is 3.33. The minimum atomic E-state index is -4.61. The van der Waals surface area contributed by atoms with E-state index in [1.54, 1.807) is 0 Å². The SMILES string of the molecule is O=C(O)O.O[Si](O)(O)O.[Ba+2].[H-].[H-].[H-].[H-].[Mg+2]. The van der Waals surface area contributed by atoms with Gasteiger partial charge < -0.3 is 35.1 Å². The molecule has 0 rings (SSSR count). The van der Waals surface area contributed by atoms with E-state index in [2.05, 4.69) is 0 Å². The van der Waals surface area contributed by atoms with Crippen molar-refractivity contribution >= 4 is 87.1 Å². The molecule has 11 heavy (non-hydrogen) atoms. The van der Waals surface area contributed by atoms with E-state index < -0.39 is 15.2 Å². The van der Waals surface area contributed by atoms with Crippen LogP contribution in [0.25, 0.3) is 0 Å². The standard InChI is InChI=1S/CH2O3.Ba.Mg.H4O4Si.4H/c2-1(3)4;;;1-5(2,3)4;;;;/h(H2,2,3,4);;;1-4H;;;;/q;2*+2;;4*-1. The second-order valence-electron chi connectivity index (χ2n) is 0.883. The second kappa shape index (κ2) is 11.7. The Morgan fingerprint density at radius 3 is 1.09 bits per heavy atom. The fourth-order valence-corrected chi connectivity index (χ4v) is 0. The first kappa shape index (κ1) is 23.0. The van der Waals surface area contributed by atoms with Crippen LogP contribution in [0, 0.1) is 0 Å². The predicted octanol–water partition coefficient (Wildman–Crippen LogP) is -2.70. The zero-order chi connectivity index (χ0) is 8.08. The first-order valence-electron chi connectivity index (χ1n) is 1.55. The Morgan fingerprint density at radius 2 is 1.09 bits per heavy atom. The van der Waals surface area contributed by atoms with Crippen molar-refractivity contribution in [1.29, 1.82) is 0 Å². The Bertz CT molecular complexity index is 93.5. The third-order valence-corrected chi connectivity index (χ3v) is 0. The summed E-state index contributed by atoms with van der Waals surface area (Å²) in [5.74, 6) is 0. The number of rotatable bonds is 0. The van der Waals surface area contributed by atoms with Crippen LogP contribution in [0.5, 0.6) is 0 Å². The molecule has 0 saturated carbocycles. The summed E-state index contributed by atoms with van der Waals surface area (Å²) in [5, 5.41) is 13.9. The molecule has 0 spiro atoms. The molecule has 0 aliphatic heterocycles. The largest absolute Gasteiger partial charge is 2.00 e. The normalized spacial score (nSPS) is 7.64. The van der Waals surface area contributed by atoms with Gasteiger partial charge in [0, 0.05) is 0 Å². The molecule has 0 unspecified atom stereocenters. The Labute approximate surface area is 125 Å². The number of hydrogen-bond donors (Lipinski definition) is 6. The molecule has 0 aromatic heterocycles. The topological polar surface area (TPSA) is 138 Å². The number of carboxylic acid groups (broad SMARTS) is 2. The van der Waals surface area contributed by atoms with E-state index in [4.69, 9.17) is 34.2 Å². The van der Waals surface area contributed by atoms with Crippen molar-refractivity contribution in [3.63, 3.8) is 0 Å².